The molecule has 4 rings (SSSR count). The van der Waals surface area contributed by atoms with Gasteiger partial charge in [-0.3, -0.25) is 4.57 Å². The van der Waals surface area contributed by atoms with Crippen LogP contribution in [0.4, 0.5) is 0 Å². The van der Waals surface area contributed by atoms with Crippen molar-refractivity contribution in [3.8, 4) is 0 Å². The Morgan fingerprint density at radius 2 is 1.96 bits per heavy atom. The Morgan fingerprint density at radius 1 is 1.21 bits per heavy atom. The van der Waals surface area contributed by atoms with Crippen molar-refractivity contribution < 1.29 is 12.8 Å². The van der Waals surface area contributed by atoms with Crippen LogP contribution in [0.25, 0.3) is 11.1 Å². The Bertz CT molecular complexity index is 999. The van der Waals surface area contributed by atoms with Crippen LogP contribution in [-0.2, 0) is 17.1 Å². The minimum atomic E-state index is -3.57. The molecule has 2 atom stereocenters. The normalized spacial score (nSPS) is 25.0. The van der Waals surface area contributed by atoms with Gasteiger partial charge in [-0.15, -0.1) is 0 Å². The summed E-state index contributed by atoms with van der Waals surface area (Å²) in [7, 11) is -1.97. The number of aromatic nitrogens is 1. The molecule has 0 unspecified atom stereocenters. The Hall–Kier alpha value is -1.86. The molecule has 2 heterocycles. The van der Waals surface area contributed by atoms with Crippen molar-refractivity contribution in [3.63, 3.8) is 0 Å². The third kappa shape index (κ3) is 2.34. The van der Waals surface area contributed by atoms with E-state index in [-0.39, 0.29) is 4.90 Å². The monoisotopic (exact) mass is 348 g/mol. The average Bonchev–Trinajstić information content (AvgIpc) is 3.09. The molecule has 1 saturated heterocycles. The summed E-state index contributed by atoms with van der Waals surface area (Å²) in [6, 6.07) is 4.64. The van der Waals surface area contributed by atoms with Crippen molar-refractivity contribution in [2.75, 3.05) is 13.1 Å². The fourth-order valence-corrected chi connectivity index (χ4v) is 5.43. The van der Waals surface area contributed by atoms with Crippen molar-refractivity contribution in [1.82, 2.24) is 8.87 Å². The second-order valence-corrected chi connectivity index (χ2v) is 8.83. The number of sulfonamides is 1. The van der Waals surface area contributed by atoms with Crippen LogP contribution >= 0.6 is 0 Å². The molecule has 1 fully saturated rings. The third-order valence-corrected chi connectivity index (χ3v) is 7.13. The number of hydrogen-bond acceptors (Lipinski definition) is 4. The van der Waals surface area contributed by atoms with E-state index < -0.39 is 15.8 Å². The number of benzene rings is 1. The van der Waals surface area contributed by atoms with Gasteiger partial charge in [0.05, 0.1) is 10.4 Å². The predicted molar refractivity (Wildman–Crippen MR) is 90.2 cm³/mol. The lowest BCUT2D eigenvalue weighted by molar-refractivity contribution is 0.400. The van der Waals surface area contributed by atoms with Gasteiger partial charge in [0.1, 0.15) is 0 Å². The van der Waals surface area contributed by atoms with Crippen molar-refractivity contribution in [1.29, 1.82) is 0 Å². The largest absolute Gasteiger partial charge is 0.419 e. The van der Waals surface area contributed by atoms with Gasteiger partial charge in [0.2, 0.25) is 10.0 Å². The maximum Gasteiger partial charge on any atom is 0.419 e. The maximum atomic E-state index is 13.0. The van der Waals surface area contributed by atoms with Crippen molar-refractivity contribution >= 4 is 21.1 Å². The first-order valence-electron chi connectivity index (χ1n) is 8.11. The second-order valence-electron chi connectivity index (χ2n) is 6.89. The lowest BCUT2D eigenvalue weighted by atomic mass is 9.83. The van der Waals surface area contributed by atoms with E-state index >= 15 is 0 Å². The van der Waals surface area contributed by atoms with E-state index in [2.05, 4.69) is 13.0 Å². The highest BCUT2D eigenvalue weighted by atomic mass is 32.2. The predicted octanol–water partition coefficient (Wildman–Crippen LogP) is 2.11. The zero-order valence-corrected chi connectivity index (χ0v) is 14.5. The van der Waals surface area contributed by atoms with Crippen LogP contribution in [0, 0.1) is 11.8 Å². The number of fused-ring (bicyclic) bond motifs is 2. The topological polar surface area (TPSA) is 72.5 Å². The van der Waals surface area contributed by atoms with Gasteiger partial charge in [-0.05, 0) is 43.7 Å². The summed E-state index contributed by atoms with van der Waals surface area (Å²) < 4.78 is 34.0. The zero-order valence-electron chi connectivity index (χ0n) is 13.7. The molecular weight excluding hydrogens is 328 g/mol. The Balaban J connectivity index is 1.67. The number of oxazole rings is 1. The van der Waals surface area contributed by atoms with E-state index in [4.69, 9.17) is 4.42 Å². The van der Waals surface area contributed by atoms with Crippen LogP contribution in [0.2, 0.25) is 0 Å². The number of hydrogen-bond donors (Lipinski definition) is 0. The van der Waals surface area contributed by atoms with Gasteiger partial charge in [0.15, 0.2) is 5.58 Å². The standard InChI is InChI=1S/C17H20N2O4S/c1-11-3-4-12-9-19(10-13(12)7-11)24(21,22)14-5-6-15-16(8-14)23-17(20)18(15)2/h3,5-6,8,12-13H,4,7,9-10H2,1-2H3/t12-,13+/m1/s1. The number of rotatable bonds is 2. The lowest BCUT2D eigenvalue weighted by Gasteiger charge is -2.22. The van der Waals surface area contributed by atoms with Crippen LogP contribution in [0.1, 0.15) is 19.8 Å². The Morgan fingerprint density at radius 3 is 2.75 bits per heavy atom. The third-order valence-electron chi connectivity index (χ3n) is 5.30. The summed E-state index contributed by atoms with van der Waals surface area (Å²) >= 11 is 0. The van der Waals surface area contributed by atoms with E-state index in [1.165, 1.54) is 16.2 Å². The SMILES string of the molecule is CC1=CC[C@@H]2CN(S(=O)(=O)c3ccc4c(c3)oc(=O)n4C)C[C@@H]2C1. The molecule has 128 valence electrons. The lowest BCUT2D eigenvalue weighted by Crippen LogP contribution is -2.29. The first-order valence-corrected chi connectivity index (χ1v) is 9.55. The summed E-state index contributed by atoms with van der Waals surface area (Å²) in [5, 5.41) is 0. The number of aryl methyl sites for hydroxylation is 1. The summed E-state index contributed by atoms with van der Waals surface area (Å²) in [5.74, 6) is 0.318. The highest BCUT2D eigenvalue weighted by Crippen LogP contribution is 2.38. The molecule has 0 amide bonds. The minimum absolute atomic E-state index is 0.188. The summed E-state index contributed by atoms with van der Waals surface area (Å²) in [6.07, 6.45) is 4.15. The van der Waals surface area contributed by atoms with Crippen LogP contribution in [0.15, 0.2) is 44.0 Å². The van der Waals surface area contributed by atoms with E-state index in [0.717, 1.165) is 12.8 Å². The van der Waals surface area contributed by atoms with Gasteiger partial charge in [-0.1, -0.05) is 11.6 Å². The van der Waals surface area contributed by atoms with Crippen LogP contribution in [-0.4, -0.2) is 30.4 Å². The van der Waals surface area contributed by atoms with Gasteiger partial charge in [-0.2, -0.15) is 4.31 Å². The van der Waals surface area contributed by atoms with Crippen LogP contribution in [0.5, 0.6) is 0 Å². The molecule has 24 heavy (non-hydrogen) atoms. The van der Waals surface area contributed by atoms with Gasteiger partial charge in [0.25, 0.3) is 0 Å². The molecule has 6 nitrogen and oxygen atoms in total. The molecule has 7 heteroatoms. The molecular formula is C17H20N2O4S. The fourth-order valence-electron chi connectivity index (χ4n) is 3.86. The van der Waals surface area contributed by atoms with Crippen molar-refractivity contribution in [2.24, 2.45) is 18.9 Å². The van der Waals surface area contributed by atoms with Gasteiger partial charge in [-0.25, -0.2) is 13.2 Å². The zero-order chi connectivity index (χ0) is 17.1. The number of allylic oxidation sites excluding steroid dienone is 2. The average molecular weight is 348 g/mol. The maximum absolute atomic E-state index is 13.0. The summed E-state index contributed by atoms with van der Waals surface area (Å²) in [6.45, 7) is 3.24. The first kappa shape index (κ1) is 15.7. The molecule has 2 aromatic rings. The molecule has 2 aliphatic rings. The Labute approximate surface area is 140 Å². The van der Waals surface area contributed by atoms with Crippen LogP contribution < -0.4 is 5.76 Å². The van der Waals surface area contributed by atoms with E-state index in [0.29, 0.717) is 36.0 Å². The van der Waals surface area contributed by atoms with Crippen molar-refractivity contribution in [2.45, 2.75) is 24.7 Å². The quantitative estimate of drug-likeness (QED) is 0.779. The second kappa shape index (κ2) is 5.32. The van der Waals surface area contributed by atoms with E-state index in [1.54, 1.807) is 23.5 Å². The molecule has 0 N–H and O–H groups in total. The van der Waals surface area contributed by atoms with Crippen LogP contribution in [0.3, 0.4) is 0 Å². The number of nitrogens with zero attached hydrogens (tertiary/aromatic N) is 2. The van der Waals surface area contributed by atoms with E-state index in [9.17, 15) is 13.2 Å². The van der Waals surface area contributed by atoms with Gasteiger partial charge >= 0.3 is 5.76 Å². The molecule has 1 aromatic heterocycles. The molecule has 0 bridgehead atoms. The fraction of sp³-hybridized carbons (Fsp3) is 0.471. The highest BCUT2D eigenvalue weighted by Gasteiger charge is 2.40. The molecule has 1 aromatic carbocycles. The smallest absolute Gasteiger partial charge is 0.408 e. The molecule has 1 aliphatic heterocycles. The summed E-state index contributed by atoms with van der Waals surface area (Å²) in [4.78, 5) is 11.8. The van der Waals surface area contributed by atoms with E-state index in [1.807, 2.05) is 0 Å². The van der Waals surface area contributed by atoms with Gasteiger partial charge in [0, 0.05) is 26.2 Å². The molecule has 0 spiro atoms. The summed E-state index contributed by atoms with van der Waals surface area (Å²) in [5.41, 5.74) is 2.24. The minimum Gasteiger partial charge on any atom is -0.408 e. The first-order chi connectivity index (χ1) is 11.4. The molecule has 1 aliphatic carbocycles. The molecule has 0 radical (unpaired) electrons. The van der Waals surface area contributed by atoms with Gasteiger partial charge < -0.3 is 4.42 Å². The highest BCUT2D eigenvalue weighted by molar-refractivity contribution is 7.89. The Kier molecular flexibility index (Phi) is 3.47. The molecule has 0 saturated carbocycles. The van der Waals surface area contributed by atoms with Crippen molar-refractivity contribution in [3.05, 3.63) is 40.4 Å².